The van der Waals surface area contributed by atoms with Gasteiger partial charge in [-0.05, 0) is 68.5 Å². The van der Waals surface area contributed by atoms with E-state index in [2.05, 4.69) is 33.8 Å². The minimum Gasteiger partial charge on any atom is -0.469 e. The Morgan fingerprint density at radius 3 is 1.94 bits per heavy atom. The van der Waals surface area contributed by atoms with Crippen LogP contribution in [0.25, 0.3) is 0 Å². The summed E-state index contributed by atoms with van der Waals surface area (Å²) in [6, 6.07) is 4.23. The Balaban J connectivity index is 2.57. The molecule has 1 atom stereocenters. The third kappa shape index (κ3) is 2.20. The molecular formula is C16H19ClO. The van der Waals surface area contributed by atoms with Crippen molar-refractivity contribution in [3.8, 4) is 0 Å². The van der Waals surface area contributed by atoms with Crippen molar-refractivity contribution in [2.45, 2.75) is 40.0 Å². The monoisotopic (exact) mass is 262 g/mol. The molecule has 0 aliphatic carbocycles. The normalized spacial score (nSPS) is 12.8. The molecule has 96 valence electrons. The highest BCUT2D eigenvalue weighted by Crippen LogP contribution is 2.36. The van der Waals surface area contributed by atoms with Crippen molar-refractivity contribution in [2.75, 3.05) is 0 Å². The van der Waals surface area contributed by atoms with Crippen LogP contribution in [0.2, 0.25) is 0 Å². The smallest absolute Gasteiger partial charge is 0.101 e. The zero-order valence-corrected chi connectivity index (χ0v) is 12.4. The summed E-state index contributed by atoms with van der Waals surface area (Å²) in [7, 11) is 0. The summed E-state index contributed by atoms with van der Waals surface area (Å²) in [6.07, 6.45) is 1.75. The van der Waals surface area contributed by atoms with E-state index >= 15 is 0 Å². The van der Waals surface area contributed by atoms with Gasteiger partial charge in [-0.15, -0.1) is 11.6 Å². The van der Waals surface area contributed by atoms with E-state index in [0.29, 0.717) is 0 Å². The minimum absolute atomic E-state index is 0.138. The van der Waals surface area contributed by atoms with E-state index < -0.39 is 0 Å². The molecule has 2 rings (SSSR count). The SMILES string of the molecule is Cc1cc(C(Cl)c2c(C)c(C)cc(C)c2C)co1. The first kappa shape index (κ1) is 13.2. The average Bonchev–Trinajstić information content (AvgIpc) is 2.73. The minimum atomic E-state index is -0.138. The Hall–Kier alpha value is -1.21. The largest absolute Gasteiger partial charge is 0.469 e. The second-order valence-electron chi connectivity index (χ2n) is 5.03. The molecule has 1 aromatic heterocycles. The van der Waals surface area contributed by atoms with Crippen LogP contribution >= 0.6 is 11.6 Å². The lowest BCUT2D eigenvalue weighted by atomic mass is 9.90. The van der Waals surface area contributed by atoms with Crippen LogP contribution in [0, 0.1) is 34.6 Å². The van der Waals surface area contributed by atoms with E-state index in [4.69, 9.17) is 16.0 Å². The Morgan fingerprint density at radius 1 is 0.944 bits per heavy atom. The zero-order chi connectivity index (χ0) is 13.4. The zero-order valence-electron chi connectivity index (χ0n) is 11.6. The van der Waals surface area contributed by atoms with Gasteiger partial charge in [-0.1, -0.05) is 6.07 Å². The summed E-state index contributed by atoms with van der Waals surface area (Å²) in [5.74, 6) is 0.898. The lowest BCUT2D eigenvalue weighted by Crippen LogP contribution is -2.02. The summed E-state index contributed by atoms with van der Waals surface area (Å²) < 4.78 is 5.36. The van der Waals surface area contributed by atoms with Crippen molar-refractivity contribution >= 4 is 11.6 Å². The first-order valence-electron chi connectivity index (χ1n) is 6.18. The summed E-state index contributed by atoms with van der Waals surface area (Å²) in [5.41, 5.74) is 7.38. The van der Waals surface area contributed by atoms with Gasteiger partial charge in [-0.2, -0.15) is 0 Å². The highest BCUT2D eigenvalue weighted by molar-refractivity contribution is 6.22. The number of alkyl halides is 1. The van der Waals surface area contributed by atoms with Crippen LogP contribution in [0.3, 0.4) is 0 Å². The maximum absolute atomic E-state index is 6.64. The van der Waals surface area contributed by atoms with Crippen LogP contribution in [0.15, 0.2) is 22.8 Å². The second kappa shape index (κ2) is 4.81. The molecule has 2 heteroatoms. The van der Waals surface area contributed by atoms with Crippen molar-refractivity contribution in [3.63, 3.8) is 0 Å². The van der Waals surface area contributed by atoms with Gasteiger partial charge in [-0.25, -0.2) is 0 Å². The van der Waals surface area contributed by atoms with Crippen molar-refractivity contribution in [2.24, 2.45) is 0 Å². The van der Waals surface area contributed by atoms with Gasteiger partial charge in [0.05, 0.1) is 11.6 Å². The van der Waals surface area contributed by atoms with Crippen LogP contribution in [0.4, 0.5) is 0 Å². The van der Waals surface area contributed by atoms with Crippen molar-refractivity contribution in [1.29, 1.82) is 0 Å². The van der Waals surface area contributed by atoms with E-state index in [1.54, 1.807) is 6.26 Å². The van der Waals surface area contributed by atoms with Gasteiger partial charge in [0.1, 0.15) is 5.76 Å². The molecule has 0 bridgehead atoms. The lowest BCUT2D eigenvalue weighted by Gasteiger charge is -2.18. The summed E-state index contributed by atoms with van der Waals surface area (Å²) >= 11 is 6.64. The molecule has 0 N–H and O–H groups in total. The maximum atomic E-state index is 6.64. The molecular weight excluding hydrogens is 244 g/mol. The van der Waals surface area contributed by atoms with Crippen molar-refractivity contribution in [1.82, 2.24) is 0 Å². The first-order valence-corrected chi connectivity index (χ1v) is 6.62. The van der Waals surface area contributed by atoms with Crippen LogP contribution in [-0.2, 0) is 0 Å². The molecule has 0 saturated carbocycles. The number of halogens is 1. The summed E-state index contributed by atoms with van der Waals surface area (Å²) in [5, 5.41) is -0.138. The predicted octanol–water partition coefficient (Wildman–Crippen LogP) is 5.15. The quantitative estimate of drug-likeness (QED) is 0.682. The fraction of sp³-hybridized carbons (Fsp3) is 0.375. The number of benzene rings is 1. The summed E-state index contributed by atoms with van der Waals surface area (Å²) in [6.45, 7) is 10.5. The van der Waals surface area contributed by atoms with Gasteiger partial charge in [0.15, 0.2) is 0 Å². The van der Waals surface area contributed by atoms with Gasteiger partial charge in [-0.3, -0.25) is 0 Å². The third-order valence-electron chi connectivity index (χ3n) is 3.72. The van der Waals surface area contributed by atoms with E-state index in [1.807, 2.05) is 13.0 Å². The molecule has 1 heterocycles. The van der Waals surface area contributed by atoms with Crippen molar-refractivity contribution < 1.29 is 4.42 Å². The Kier molecular flexibility index (Phi) is 3.54. The second-order valence-corrected chi connectivity index (χ2v) is 5.46. The van der Waals surface area contributed by atoms with Crippen molar-refractivity contribution in [3.05, 3.63) is 57.5 Å². The van der Waals surface area contributed by atoms with Crippen LogP contribution in [0.5, 0.6) is 0 Å². The molecule has 0 amide bonds. The molecule has 1 nitrogen and oxygen atoms in total. The van der Waals surface area contributed by atoms with Gasteiger partial charge >= 0.3 is 0 Å². The molecule has 0 aliphatic heterocycles. The van der Waals surface area contributed by atoms with E-state index in [0.717, 1.165) is 11.3 Å². The highest BCUT2D eigenvalue weighted by Gasteiger charge is 2.19. The van der Waals surface area contributed by atoms with Gasteiger partial charge in [0.2, 0.25) is 0 Å². The predicted molar refractivity (Wildman–Crippen MR) is 76.5 cm³/mol. The average molecular weight is 263 g/mol. The van der Waals surface area contributed by atoms with E-state index in [1.165, 1.54) is 27.8 Å². The first-order chi connectivity index (χ1) is 8.41. The topological polar surface area (TPSA) is 13.1 Å². The Morgan fingerprint density at radius 2 is 1.50 bits per heavy atom. The van der Waals surface area contributed by atoms with E-state index in [-0.39, 0.29) is 5.38 Å². The number of hydrogen-bond donors (Lipinski definition) is 0. The number of hydrogen-bond acceptors (Lipinski definition) is 1. The van der Waals surface area contributed by atoms with Crippen LogP contribution in [-0.4, -0.2) is 0 Å². The van der Waals surface area contributed by atoms with Crippen LogP contribution < -0.4 is 0 Å². The van der Waals surface area contributed by atoms with Gasteiger partial charge in [0, 0.05) is 5.56 Å². The fourth-order valence-corrected chi connectivity index (χ4v) is 2.83. The molecule has 0 saturated heterocycles. The molecule has 1 unspecified atom stereocenters. The molecule has 1 aromatic carbocycles. The Labute approximate surface area is 114 Å². The molecule has 0 aliphatic rings. The van der Waals surface area contributed by atoms with Crippen LogP contribution in [0.1, 0.15) is 44.5 Å². The molecule has 0 spiro atoms. The maximum Gasteiger partial charge on any atom is 0.101 e. The Bertz CT molecular complexity index is 555. The van der Waals surface area contributed by atoms with Gasteiger partial charge in [0.25, 0.3) is 0 Å². The number of aryl methyl sites for hydroxylation is 3. The third-order valence-corrected chi connectivity index (χ3v) is 4.19. The molecule has 0 fully saturated rings. The molecule has 18 heavy (non-hydrogen) atoms. The van der Waals surface area contributed by atoms with Gasteiger partial charge < -0.3 is 4.42 Å². The van der Waals surface area contributed by atoms with E-state index in [9.17, 15) is 0 Å². The molecule has 0 radical (unpaired) electrons. The number of furan rings is 1. The number of rotatable bonds is 2. The highest BCUT2D eigenvalue weighted by atomic mass is 35.5. The summed E-state index contributed by atoms with van der Waals surface area (Å²) in [4.78, 5) is 0. The standard InChI is InChI=1S/C16H19ClO/c1-9-6-10(2)13(5)15(12(9)4)16(17)14-7-11(3)18-8-14/h6-8,16H,1-5H3. The molecule has 2 aromatic rings. The lowest BCUT2D eigenvalue weighted by molar-refractivity contribution is 0.532. The fourth-order valence-electron chi connectivity index (χ4n) is 2.39.